The Kier molecular flexibility index (Phi) is 6.17. The summed E-state index contributed by atoms with van der Waals surface area (Å²) in [5.41, 5.74) is -0.521. The number of hydrogen-bond donors (Lipinski definition) is 1. The topological polar surface area (TPSA) is 29.1 Å². The van der Waals surface area contributed by atoms with E-state index in [-0.39, 0.29) is 6.42 Å². The van der Waals surface area contributed by atoms with Gasteiger partial charge in [-0.05, 0) is 32.6 Å². The number of amides is 1. The molecule has 0 aromatic rings. The molecule has 0 aliphatic heterocycles. The molecule has 1 N–H and O–H groups in total. The van der Waals surface area contributed by atoms with Crippen molar-refractivity contribution in [3.05, 3.63) is 0 Å². The second kappa shape index (κ2) is 7.01. The van der Waals surface area contributed by atoms with Crippen LogP contribution < -0.4 is 5.32 Å². The van der Waals surface area contributed by atoms with Crippen LogP contribution in [-0.2, 0) is 4.79 Å². The third-order valence-electron chi connectivity index (χ3n) is 4.37. The Bertz CT molecular complexity index is 335. The number of carbonyl (C=O) groups excluding carboxylic acids is 1. The van der Waals surface area contributed by atoms with Gasteiger partial charge in [0.1, 0.15) is 0 Å². The summed E-state index contributed by atoms with van der Waals surface area (Å²) in [4.78, 5) is 12.3. The van der Waals surface area contributed by atoms with Crippen molar-refractivity contribution < 1.29 is 18.0 Å². The maximum atomic E-state index is 13.0. The van der Waals surface area contributed by atoms with Crippen LogP contribution in [0.3, 0.4) is 0 Å². The van der Waals surface area contributed by atoms with E-state index in [1.165, 1.54) is 0 Å². The van der Waals surface area contributed by atoms with Crippen LogP contribution in [0.4, 0.5) is 13.2 Å². The highest BCUT2D eigenvalue weighted by atomic mass is 35.5. The fourth-order valence-corrected chi connectivity index (χ4v) is 3.18. The van der Waals surface area contributed by atoms with Crippen LogP contribution in [0.5, 0.6) is 0 Å². The van der Waals surface area contributed by atoms with Gasteiger partial charge in [0.2, 0.25) is 5.91 Å². The highest BCUT2D eigenvalue weighted by Gasteiger charge is 2.48. The average Bonchev–Trinajstić information content (AvgIpc) is 2.38. The van der Waals surface area contributed by atoms with Crippen molar-refractivity contribution in [3.63, 3.8) is 0 Å². The van der Waals surface area contributed by atoms with Crippen molar-refractivity contribution in [2.75, 3.05) is 5.88 Å². The summed E-state index contributed by atoms with van der Waals surface area (Å²) < 4.78 is 39.0. The Hall–Kier alpha value is -0.450. The normalized spacial score (nSPS) is 26.9. The van der Waals surface area contributed by atoms with E-state index < -0.39 is 29.5 Å². The van der Waals surface area contributed by atoms with Gasteiger partial charge >= 0.3 is 6.18 Å². The Morgan fingerprint density at radius 3 is 2.40 bits per heavy atom. The quantitative estimate of drug-likeness (QED) is 0.755. The number of hydrogen-bond acceptors (Lipinski definition) is 1. The molecule has 3 atom stereocenters. The Morgan fingerprint density at radius 1 is 1.30 bits per heavy atom. The third-order valence-corrected chi connectivity index (χ3v) is 4.56. The molecule has 0 aromatic heterocycles. The smallest absolute Gasteiger partial charge is 0.351 e. The molecule has 6 heteroatoms. The highest BCUT2D eigenvalue weighted by Crippen LogP contribution is 2.41. The lowest BCUT2D eigenvalue weighted by Gasteiger charge is -2.36. The van der Waals surface area contributed by atoms with Gasteiger partial charge in [-0.15, -0.1) is 11.6 Å². The number of nitrogens with one attached hydrogen (secondary N) is 1. The zero-order chi connectivity index (χ0) is 15.4. The minimum absolute atomic E-state index is 0.0555. The minimum Gasteiger partial charge on any atom is -0.351 e. The maximum Gasteiger partial charge on any atom is 0.392 e. The van der Waals surface area contributed by atoms with E-state index in [9.17, 15) is 18.0 Å². The van der Waals surface area contributed by atoms with Gasteiger partial charge in [-0.25, -0.2) is 0 Å². The van der Waals surface area contributed by atoms with Gasteiger partial charge in [0.25, 0.3) is 0 Å². The second-order valence-corrected chi connectivity index (χ2v) is 6.26. The van der Waals surface area contributed by atoms with Crippen LogP contribution in [0.2, 0.25) is 0 Å². The molecule has 2 nitrogen and oxygen atoms in total. The van der Waals surface area contributed by atoms with E-state index in [0.29, 0.717) is 38.0 Å². The molecule has 0 saturated heterocycles. The lowest BCUT2D eigenvalue weighted by Crippen LogP contribution is -2.51. The van der Waals surface area contributed by atoms with Gasteiger partial charge < -0.3 is 5.32 Å². The molecule has 0 heterocycles. The predicted octanol–water partition coefficient (Wildman–Crippen LogP) is 4.27. The van der Waals surface area contributed by atoms with E-state index >= 15 is 0 Å². The molecule has 1 rings (SSSR count). The summed E-state index contributed by atoms with van der Waals surface area (Å²) >= 11 is 5.70. The molecule has 118 valence electrons. The van der Waals surface area contributed by atoms with Gasteiger partial charge in [0, 0.05) is 17.3 Å². The first-order valence-corrected chi connectivity index (χ1v) is 7.71. The minimum atomic E-state index is -4.29. The molecule has 20 heavy (non-hydrogen) atoms. The van der Waals surface area contributed by atoms with E-state index in [2.05, 4.69) is 5.32 Å². The molecule has 0 aromatic carbocycles. The fraction of sp³-hybridized carbons (Fsp3) is 0.929. The molecule has 3 unspecified atom stereocenters. The molecule has 1 aliphatic carbocycles. The predicted molar refractivity (Wildman–Crippen MR) is 73.7 cm³/mol. The van der Waals surface area contributed by atoms with Crippen molar-refractivity contribution in [3.8, 4) is 0 Å². The first kappa shape index (κ1) is 17.6. The Balaban J connectivity index is 2.78. The molecule has 1 amide bonds. The number of rotatable bonds is 5. The summed E-state index contributed by atoms with van der Waals surface area (Å²) in [5.74, 6) is -2.56. The second-order valence-electron chi connectivity index (χ2n) is 5.88. The Morgan fingerprint density at radius 2 is 1.90 bits per heavy atom. The lowest BCUT2D eigenvalue weighted by molar-refractivity contribution is -0.198. The zero-order valence-corrected chi connectivity index (χ0v) is 12.8. The molecular weight excluding hydrogens is 291 g/mol. The molecule has 1 saturated carbocycles. The van der Waals surface area contributed by atoms with E-state index in [1.54, 1.807) is 0 Å². The summed E-state index contributed by atoms with van der Waals surface area (Å²) in [7, 11) is 0. The van der Waals surface area contributed by atoms with Gasteiger partial charge in [-0.1, -0.05) is 19.8 Å². The molecule has 1 aliphatic rings. The molecule has 0 spiro atoms. The number of halogens is 4. The van der Waals surface area contributed by atoms with Crippen LogP contribution in [0, 0.1) is 11.8 Å². The van der Waals surface area contributed by atoms with E-state index in [1.807, 2.05) is 13.8 Å². The lowest BCUT2D eigenvalue weighted by atomic mass is 9.77. The van der Waals surface area contributed by atoms with Gasteiger partial charge in [0.05, 0.1) is 5.92 Å². The van der Waals surface area contributed by atoms with Crippen molar-refractivity contribution in [1.29, 1.82) is 0 Å². The van der Waals surface area contributed by atoms with Gasteiger partial charge in [0.15, 0.2) is 0 Å². The van der Waals surface area contributed by atoms with Crippen molar-refractivity contribution in [1.82, 2.24) is 5.32 Å². The van der Waals surface area contributed by atoms with Crippen LogP contribution in [0.25, 0.3) is 0 Å². The van der Waals surface area contributed by atoms with E-state index in [0.717, 1.165) is 0 Å². The molecule has 0 radical (unpaired) electrons. The van der Waals surface area contributed by atoms with Crippen LogP contribution in [0.15, 0.2) is 0 Å². The summed E-state index contributed by atoms with van der Waals surface area (Å²) in [5, 5.41) is 2.79. The van der Waals surface area contributed by atoms with Crippen LogP contribution in [-0.4, -0.2) is 23.5 Å². The first-order valence-electron chi connectivity index (χ1n) is 7.18. The zero-order valence-electron chi connectivity index (χ0n) is 12.0. The summed E-state index contributed by atoms with van der Waals surface area (Å²) in [6, 6.07) is 0. The standard InChI is InChI=1S/C14H23ClF3NO/c1-3-13(2,8-9-15)19-12(20)10-6-4-5-7-11(10)14(16,17)18/h10-11H,3-9H2,1-2H3,(H,19,20). The van der Waals surface area contributed by atoms with Gasteiger partial charge in [-0.2, -0.15) is 13.2 Å². The van der Waals surface area contributed by atoms with Crippen molar-refractivity contribution >= 4 is 17.5 Å². The SMILES string of the molecule is CCC(C)(CCCl)NC(=O)C1CCCCC1C(F)(F)F. The third kappa shape index (κ3) is 4.54. The largest absolute Gasteiger partial charge is 0.392 e. The number of alkyl halides is 4. The van der Waals surface area contributed by atoms with Gasteiger partial charge in [-0.3, -0.25) is 4.79 Å². The summed E-state index contributed by atoms with van der Waals surface area (Å²) in [6.45, 7) is 3.73. The average molecular weight is 314 g/mol. The monoisotopic (exact) mass is 313 g/mol. The molecular formula is C14H23ClF3NO. The Labute approximate surface area is 123 Å². The first-order chi connectivity index (χ1) is 9.23. The molecule has 1 fully saturated rings. The molecule has 0 bridgehead atoms. The maximum absolute atomic E-state index is 13.0. The van der Waals surface area contributed by atoms with E-state index in [4.69, 9.17) is 11.6 Å². The summed E-state index contributed by atoms with van der Waals surface area (Å²) in [6.07, 6.45) is -1.49. The fourth-order valence-electron chi connectivity index (χ4n) is 2.76. The van der Waals surface area contributed by atoms with Crippen LogP contribution >= 0.6 is 11.6 Å². The van der Waals surface area contributed by atoms with Crippen molar-refractivity contribution in [2.24, 2.45) is 11.8 Å². The van der Waals surface area contributed by atoms with Crippen LogP contribution in [0.1, 0.15) is 52.4 Å². The number of carbonyl (C=O) groups is 1. The van der Waals surface area contributed by atoms with Crippen molar-refractivity contribution in [2.45, 2.75) is 64.1 Å². The highest BCUT2D eigenvalue weighted by molar-refractivity contribution is 6.17.